The molecule has 28 heavy (non-hydrogen) atoms. The van der Waals surface area contributed by atoms with Gasteiger partial charge in [-0.05, 0) is 48.7 Å². The zero-order valence-electron chi connectivity index (χ0n) is 17.3. The highest BCUT2D eigenvalue weighted by Crippen LogP contribution is 2.29. The van der Waals surface area contributed by atoms with E-state index in [1.165, 1.54) is 0 Å². The maximum atomic E-state index is 12.7. The summed E-state index contributed by atoms with van der Waals surface area (Å²) in [5, 5.41) is 0. The Morgan fingerprint density at radius 2 is 1.29 bits per heavy atom. The minimum Gasteiger partial charge on any atom is -0.493 e. The molecule has 0 saturated heterocycles. The number of methoxy groups -OCH3 is 4. The average Bonchev–Trinajstić information content (AvgIpc) is 2.75. The van der Waals surface area contributed by atoms with Gasteiger partial charge >= 0.3 is 0 Å². The average molecular weight is 387 g/mol. The van der Waals surface area contributed by atoms with Crippen LogP contribution in [0.3, 0.4) is 0 Å². The summed E-state index contributed by atoms with van der Waals surface area (Å²) in [6.07, 6.45) is 1.07. The van der Waals surface area contributed by atoms with Gasteiger partial charge in [0.1, 0.15) is 0 Å². The molecule has 0 aliphatic rings. The van der Waals surface area contributed by atoms with Gasteiger partial charge in [-0.2, -0.15) is 0 Å². The fourth-order valence-electron chi connectivity index (χ4n) is 3.02. The van der Waals surface area contributed by atoms with Crippen molar-refractivity contribution in [3.63, 3.8) is 0 Å². The van der Waals surface area contributed by atoms with Crippen LogP contribution in [-0.2, 0) is 17.8 Å². The normalized spacial score (nSPS) is 10.3. The zero-order chi connectivity index (χ0) is 20.5. The predicted octanol–water partition coefficient (Wildman–Crippen LogP) is 3.70. The lowest BCUT2D eigenvalue weighted by Crippen LogP contribution is -2.30. The molecule has 2 aromatic rings. The first-order valence-electron chi connectivity index (χ1n) is 9.25. The van der Waals surface area contributed by atoms with Crippen LogP contribution >= 0.6 is 0 Å². The predicted molar refractivity (Wildman–Crippen MR) is 109 cm³/mol. The Labute approximate surface area is 167 Å². The molecular formula is C22H29NO5. The van der Waals surface area contributed by atoms with Gasteiger partial charge in [0, 0.05) is 19.5 Å². The largest absolute Gasteiger partial charge is 0.493 e. The van der Waals surface area contributed by atoms with E-state index in [9.17, 15) is 4.79 Å². The number of hydrogen-bond acceptors (Lipinski definition) is 5. The van der Waals surface area contributed by atoms with Crippen molar-refractivity contribution in [1.82, 2.24) is 4.90 Å². The number of benzene rings is 2. The first-order chi connectivity index (χ1) is 13.6. The molecule has 0 aromatic heterocycles. The first-order valence-corrected chi connectivity index (χ1v) is 9.25. The molecule has 0 saturated carbocycles. The van der Waals surface area contributed by atoms with Gasteiger partial charge in [0.2, 0.25) is 5.91 Å². The van der Waals surface area contributed by atoms with E-state index in [0.717, 1.165) is 11.1 Å². The van der Waals surface area contributed by atoms with E-state index >= 15 is 0 Å². The summed E-state index contributed by atoms with van der Waals surface area (Å²) < 4.78 is 21.2. The Kier molecular flexibility index (Phi) is 7.99. The van der Waals surface area contributed by atoms with Gasteiger partial charge in [0.05, 0.1) is 28.4 Å². The van der Waals surface area contributed by atoms with Crippen LogP contribution in [0.15, 0.2) is 36.4 Å². The van der Waals surface area contributed by atoms with Crippen LogP contribution in [0, 0.1) is 0 Å². The maximum Gasteiger partial charge on any atom is 0.223 e. The number of carbonyl (C=O) groups is 1. The Bertz CT molecular complexity index is 790. The zero-order valence-corrected chi connectivity index (χ0v) is 17.3. The molecule has 0 aliphatic heterocycles. The van der Waals surface area contributed by atoms with E-state index in [1.54, 1.807) is 28.4 Å². The molecule has 152 valence electrons. The topological polar surface area (TPSA) is 57.2 Å². The van der Waals surface area contributed by atoms with Gasteiger partial charge in [-0.3, -0.25) is 4.79 Å². The van der Waals surface area contributed by atoms with Crippen LogP contribution in [-0.4, -0.2) is 45.8 Å². The van der Waals surface area contributed by atoms with Crippen molar-refractivity contribution < 1.29 is 23.7 Å². The Balaban J connectivity index is 2.02. The van der Waals surface area contributed by atoms with Crippen LogP contribution in [0.1, 0.15) is 24.5 Å². The highest BCUT2D eigenvalue weighted by Gasteiger charge is 2.14. The van der Waals surface area contributed by atoms with Crippen molar-refractivity contribution in [1.29, 1.82) is 0 Å². The lowest BCUT2D eigenvalue weighted by atomic mass is 10.1. The van der Waals surface area contributed by atoms with Crippen molar-refractivity contribution >= 4 is 5.91 Å². The first kappa shape index (κ1) is 21.4. The number of rotatable bonds is 10. The number of amides is 1. The lowest BCUT2D eigenvalue weighted by Gasteiger charge is -2.22. The molecule has 0 N–H and O–H groups in total. The monoisotopic (exact) mass is 387 g/mol. The van der Waals surface area contributed by atoms with E-state index in [0.29, 0.717) is 48.9 Å². The molecule has 0 unspecified atom stereocenters. The van der Waals surface area contributed by atoms with Crippen molar-refractivity contribution in [3.05, 3.63) is 47.5 Å². The molecule has 0 bridgehead atoms. The van der Waals surface area contributed by atoms with E-state index in [-0.39, 0.29) is 5.91 Å². The summed E-state index contributed by atoms with van der Waals surface area (Å²) in [7, 11) is 6.42. The van der Waals surface area contributed by atoms with Gasteiger partial charge in [-0.1, -0.05) is 12.1 Å². The van der Waals surface area contributed by atoms with Crippen LogP contribution in [0.4, 0.5) is 0 Å². The fraction of sp³-hybridized carbons (Fsp3) is 0.409. The van der Waals surface area contributed by atoms with E-state index in [4.69, 9.17) is 18.9 Å². The Morgan fingerprint density at radius 3 is 1.79 bits per heavy atom. The van der Waals surface area contributed by atoms with Crippen molar-refractivity contribution in [2.24, 2.45) is 0 Å². The number of hydrogen-bond donors (Lipinski definition) is 0. The molecule has 0 radical (unpaired) electrons. The highest BCUT2D eigenvalue weighted by molar-refractivity contribution is 5.76. The molecule has 6 heteroatoms. The van der Waals surface area contributed by atoms with Gasteiger partial charge in [0.15, 0.2) is 23.0 Å². The summed E-state index contributed by atoms with van der Waals surface area (Å²) in [5.41, 5.74) is 2.03. The molecule has 2 rings (SSSR count). The second-order valence-electron chi connectivity index (χ2n) is 6.29. The van der Waals surface area contributed by atoms with E-state index in [2.05, 4.69) is 0 Å². The van der Waals surface area contributed by atoms with Crippen LogP contribution in [0.5, 0.6) is 23.0 Å². The smallest absolute Gasteiger partial charge is 0.223 e. The molecule has 0 atom stereocenters. The molecule has 0 heterocycles. The quantitative estimate of drug-likeness (QED) is 0.622. The number of nitrogens with zero attached hydrogens (tertiary/aromatic N) is 1. The SMILES string of the molecule is CCN(Cc1ccc(OC)c(OC)c1)C(=O)CCc1ccc(OC)c(OC)c1. The molecule has 0 fully saturated rings. The molecule has 0 aliphatic carbocycles. The summed E-state index contributed by atoms with van der Waals surface area (Å²) >= 11 is 0. The fourth-order valence-corrected chi connectivity index (χ4v) is 3.02. The molecule has 6 nitrogen and oxygen atoms in total. The number of carbonyl (C=O) groups excluding carboxylic acids is 1. The van der Waals surface area contributed by atoms with Gasteiger partial charge < -0.3 is 23.8 Å². The van der Waals surface area contributed by atoms with Crippen LogP contribution < -0.4 is 18.9 Å². The Hall–Kier alpha value is -2.89. The van der Waals surface area contributed by atoms with Crippen molar-refractivity contribution in [2.45, 2.75) is 26.3 Å². The minimum absolute atomic E-state index is 0.104. The third-order valence-electron chi connectivity index (χ3n) is 4.63. The maximum absolute atomic E-state index is 12.7. The summed E-state index contributed by atoms with van der Waals surface area (Å²) in [6.45, 7) is 3.15. The van der Waals surface area contributed by atoms with Crippen molar-refractivity contribution in [3.8, 4) is 23.0 Å². The second-order valence-corrected chi connectivity index (χ2v) is 6.29. The van der Waals surface area contributed by atoms with E-state index in [1.807, 2.05) is 48.2 Å². The van der Waals surface area contributed by atoms with E-state index < -0.39 is 0 Å². The van der Waals surface area contributed by atoms with Gasteiger partial charge in [-0.25, -0.2) is 0 Å². The van der Waals surface area contributed by atoms with Crippen LogP contribution in [0.2, 0.25) is 0 Å². The van der Waals surface area contributed by atoms with Crippen LogP contribution in [0.25, 0.3) is 0 Å². The summed E-state index contributed by atoms with van der Waals surface area (Å²) in [4.78, 5) is 14.6. The third-order valence-corrected chi connectivity index (χ3v) is 4.63. The Morgan fingerprint density at radius 1 is 0.786 bits per heavy atom. The lowest BCUT2D eigenvalue weighted by molar-refractivity contribution is -0.131. The molecule has 1 amide bonds. The minimum atomic E-state index is 0.104. The highest BCUT2D eigenvalue weighted by atomic mass is 16.5. The standard InChI is InChI=1S/C22H29NO5/c1-6-23(15-17-8-11-19(26-3)21(14-17)28-5)22(24)12-9-16-7-10-18(25-2)20(13-16)27-4/h7-8,10-11,13-14H,6,9,12,15H2,1-5H3. The summed E-state index contributed by atoms with van der Waals surface area (Å²) in [5.74, 6) is 2.79. The second kappa shape index (κ2) is 10.4. The molecule has 0 spiro atoms. The van der Waals surface area contributed by atoms with Gasteiger partial charge in [0.25, 0.3) is 0 Å². The number of aryl methyl sites for hydroxylation is 1. The van der Waals surface area contributed by atoms with Crippen molar-refractivity contribution in [2.75, 3.05) is 35.0 Å². The summed E-state index contributed by atoms with van der Waals surface area (Å²) in [6, 6.07) is 11.4. The number of ether oxygens (including phenoxy) is 4. The third kappa shape index (κ3) is 5.31. The molecular weight excluding hydrogens is 358 g/mol. The van der Waals surface area contributed by atoms with Gasteiger partial charge in [-0.15, -0.1) is 0 Å². The molecule has 2 aromatic carbocycles.